The molecule has 160 valence electrons. The van der Waals surface area contributed by atoms with Crippen LogP contribution in [0.2, 0.25) is 0 Å². The van der Waals surface area contributed by atoms with Crippen LogP contribution in [0.4, 0.5) is 5.00 Å². The standard InChI is InChI=1S/C22H21N3O5S/c1-30-22(29)15(12-23)19-24-20-18(16(13-31-20)14-8-4-2-5-9-14)21(28)25(19)11-7-3-6-10-17(26)27/h2,4-5,8-9,13,24H,3,6-7,10-11H2,1H3,(H,26,27)/b19-15+. The molecule has 1 aromatic heterocycles. The zero-order valence-electron chi connectivity index (χ0n) is 16.9. The van der Waals surface area contributed by atoms with Crippen LogP contribution < -0.4 is 5.32 Å². The molecule has 1 aromatic carbocycles. The summed E-state index contributed by atoms with van der Waals surface area (Å²) in [6.07, 6.45) is 1.63. The summed E-state index contributed by atoms with van der Waals surface area (Å²) >= 11 is 1.32. The lowest BCUT2D eigenvalue weighted by atomic mass is 10.0. The molecule has 2 aromatic rings. The zero-order chi connectivity index (χ0) is 22.4. The topological polar surface area (TPSA) is 120 Å². The van der Waals surface area contributed by atoms with Crippen molar-refractivity contribution in [2.45, 2.75) is 25.7 Å². The fourth-order valence-corrected chi connectivity index (χ4v) is 4.30. The lowest BCUT2D eigenvalue weighted by Gasteiger charge is -2.31. The largest absolute Gasteiger partial charge is 0.481 e. The second-order valence-corrected chi connectivity index (χ2v) is 7.71. The molecular formula is C22H21N3O5S. The van der Waals surface area contributed by atoms with Crippen molar-refractivity contribution >= 4 is 34.2 Å². The van der Waals surface area contributed by atoms with Gasteiger partial charge in [0.25, 0.3) is 5.91 Å². The van der Waals surface area contributed by atoms with Crippen molar-refractivity contribution in [3.63, 3.8) is 0 Å². The molecule has 0 radical (unpaired) electrons. The van der Waals surface area contributed by atoms with Crippen molar-refractivity contribution in [3.8, 4) is 17.2 Å². The predicted octanol–water partition coefficient (Wildman–Crippen LogP) is 3.84. The summed E-state index contributed by atoms with van der Waals surface area (Å²) < 4.78 is 4.71. The smallest absolute Gasteiger partial charge is 0.352 e. The second-order valence-electron chi connectivity index (χ2n) is 6.83. The summed E-state index contributed by atoms with van der Waals surface area (Å²) in [5.74, 6) is -1.94. The van der Waals surface area contributed by atoms with E-state index in [0.717, 1.165) is 11.1 Å². The maximum Gasteiger partial charge on any atom is 0.352 e. The number of ether oxygens (including phenoxy) is 1. The number of nitriles is 1. The Morgan fingerprint density at radius 3 is 2.61 bits per heavy atom. The van der Waals surface area contributed by atoms with Crippen molar-refractivity contribution in [2.24, 2.45) is 0 Å². The summed E-state index contributed by atoms with van der Waals surface area (Å²) in [6, 6.07) is 11.3. The van der Waals surface area contributed by atoms with Crippen LogP contribution in [-0.4, -0.2) is 41.5 Å². The fourth-order valence-electron chi connectivity index (χ4n) is 3.33. The minimum atomic E-state index is -0.871. The molecule has 0 unspecified atom stereocenters. The van der Waals surface area contributed by atoms with Crippen molar-refractivity contribution in [2.75, 3.05) is 19.0 Å². The Bertz CT molecular complexity index is 1070. The monoisotopic (exact) mass is 439 g/mol. The maximum atomic E-state index is 13.5. The van der Waals surface area contributed by atoms with Gasteiger partial charge < -0.3 is 15.2 Å². The van der Waals surface area contributed by atoms with Crippen LogP contribution in [0.3, 0.4) is 0 Å². The molecule has 1 aliphatic rings. The van der Waals surface area contributed by atoms with Crippen molar-refractivity contribution in [3.05, 3.63) is 52.7 Å². The van der Waals surface area contributed by atoms with Gasteiger partial charge in [-0.05, 0) is 18.4 Å². The van der Waals surface area contributed by atoms with E-state index in [1.807, 2.05) is 41.8 Å². The van der Waals surface area contributed by atoms with E-state index >= 15 is 0 Å². The molecule has 0 saturated carbocycles. The van der Waals surface area contributed by atoms with Crippen LogP contribution in [0, 0.1) is 11.3 Å². The lowest BCUT2D eigenvalue weighted by molar-refractivity contribution is -0.137. The number of benzene rings is 1. The Kier molecular flexibility index (Phi) is 7.05. The van der Waals surface area contributed by atoms with Crippen molar-refractivity contribution < 1.29 is 24.2 Å². The summed E-state index contributed by atoms with van der Waals surface area (Å²) in [6.45, 7) is 0.229. The number of carboxylic acid groups (broad SMARTS) is 1. The highest BCUT2D eigenvalue weighted by Gasteiger charge is 2.35. The van der Waals surface area contributed by atoms with E-state index in [2.05, 4.69) is 5.32 Å². The van der Waals surface area contributed by atoms with E-state index in [1.165, 1.54) is 23.3 Å². The first kappa shape index (κ1) is 22.1. The van der Waals surface area contributed by atoms with E-state index in [-0.39, 0.29) is 30.3 Å². The summed E-state index contributed by atoms with van der Waals surface area (Å²) in [7, 11) is 1.17. The van der Waals surface area contributed by atoms with Gasteiger partial charge in [-0.25, -0.2) is 4.79 Å². The van der Waals surface area contributed by atoms with Gasteiger partial charge in [0.1, 0.15) is 16.9 Å². The number of hydrogen-bond donors (Lipinski definition) is 2. The van der Waals surface area contributed by atoms with Crippen LogP contribution in [0.1, 0.15) is 36.0 Å². The Labute approximate surface area is 183 Å². The van der Waals surface area contributed by atoms with Crippen LogP contribution in [-0.2, 0) is 14.3 Å². The SMILES string of the molecule is COC(=O)/C(C#N)=C1\Nc2scc(-c3ccccc3)c2C(=O)N1CCCCCC(=O)O. The number of esters is 1. The number of amides is 1. The number of hydrogen-bond acceptors (Lipinski definition) is 7. The molecule has 0 aliphatic carbocycles. The number of unbranched alkanes of at least 4 members (excludes halogenated alkanes) is 2. The van der Waals surface area contributed by atoms with Gasteiger partial charge in [0.2, 0.25) is 0 Å². The van der Waals surface area contributed by atoms with E-state index in [4.69, 9.17) is 9.84 Å². The number of carbonyl (C=O) groups excluding carboxylic acids is 2. The van der Waals surface area contributed by atoms with Crippen LogP contribution in [0.5, 0.6) is 0 Å². The Morgan fingerprint density at radius 2 is 1.97 bits per heavy atom. The van der Waals surface area contributed by atoms with Gasteiger partial charge in [-0.2, -0.15) is 5.26 Å². The number of carbonyl (C=O) groups is 3. The minimum absolute atomic E-state index is 0.0489. The third-order valence-electron chi connectivity index (χ3n) is 4.85. The first-order valence-corrected chi connectivity index (χ1v) is 10.6. The Balaban J connectivity index is 1.97. The number of methoxy groups -OCH3 is 1. The van der Waals surface area contributed by atoms with E-state index in [0.29, 0.717) is 29.8 Å². The third-order valence-corrected chi connectivity index (χ3v) is 5.74. The van der Waals surface area contributed by atoms with E-state index in [1.54, 1.807) is 0 Å². The quantitative estimate of drug-likeness (QED) is 0.277. The highest BCUT2D eigenvalue weighted by molar-refractivity contribution is 7.15. The number of thiophene rings is 1. The van der Waals surface area contributed by atoms with Gasteiger partial charge in [-0.15, -0.1) is 11.3 Å². The number of nitrogens with one attached hydrogen (secondary N) is 1. The number of carboxylic acids is 1. The van der Waals surface area contributed by atoms with Gasteiger partial charge in [0.15, 0.2) is 5.57 Å². The fraction of sp³-hybridized carbons (Fsp3) is 0.273. The van der Waals surface area contributed by atoms with Crippen LogP contribution in [0.25, 0.3) is 11.1 Å². The number of fused-ring (bicyclic) bond motifs is 1. The molecule has 0 atom stereocenters. The first-order chi connectivity index (χ1) is 15.0. The van der Waals surface area contributed by atoms with Crippen molar-refractivity contribution in [1.82, 2.24) is 4.90 Å². The summed E-state index contributed by atoms with van der Waals surface area (Å²) in [5, 5.41) is 23.8. The highest BCUT2D eigenvalue weighted by Crippen LogP contribution is 2.41. The molecule has 0 fully saturated rings. The first-order valence-electron chi connectivity index (χ1n) is 9.68. The Morgan fingerprint density at radius 1 is 1.23 bits per heavy atom. The normalized spacial score (nSPS) is 14.3. The number of nitrogens with zero attached hydrogens (tertiary/aromatic N) is 2. The van der Waals surface area contributed by atoms with Gasteiger partial charge in [-0.3, -0.25) is 14.5 Å². The molecule has 8 nitrogen and oxygen atoms in total. The molecule has 9 heteroatoms. The Hall–Kier alpha value is -3.64. The molecule has 0 saturated heterocycles. The van der Waals surface area contributed by atoms with Gasteiger partial charge >= 0.3 is 11.9 Å². The predicted molar refractivity (Wildman–Crippen MR) is 115 cm³/mol. The summed E-state index contributed by atoms with van der Waals surface area (Å²) in [5.41, 5.74) is 1.84. The molecule has 0 spiro atoms. The highest BCUT2D eigenvalue weighted by atomic mass is 32.1. The molecule has 0 bridgehead atoms. The van der Waals surface area contributed by atoms with Gasteiger partial charge in [-0.1, -0.05) is 36.8 Å². The number of anilines is 1. The molecule has 1 amide bonds. The number of rotatable bonds is 8. The average Bonchev–Trinajstić information content (AvgIpc) is 3.20. The molecule has 2 heterocycles. The van der Waals surface area contributed by atoms with Gasteiger partial charge in [0, 0.05) is 23.9 Å². The van der Waals surface area contributed by atoms with E-state index < -0.39 is 11.9 Å². The molecule has 3 rings (SSSR count). The summed E-state index contributed by atoms with van der Waals surface area (Å²) in [4.78, 5) is 37.7. The second kappa shape index (κ2) is 9.91. The molecule has 31 heavy (non-hydrogen) atoms. The average molecular weight is 439 g/mol. The lowest BCUT2D eigenvalue weighted by Crippen LogP contribution is -2.40. The maximum absolute atomic E-state index is 13.5. The third kappa shape index (κ3) is 4.75. The van der Waals surface area contributed by atoms with E-state index in [9.17, 15) is 19.6 Å². The van der Waals surface area contributed by atoms with Crippen LogP contribution >= 0.6 is 11.3 Å². The zero-order valence-corrected chi connectivity index (χ0v) is 17.7. The number of aliphatic carboxylic acids is 1. The molecular weight excluding hydrogens is 418 g/mol. The van der Waals surface area contributed by atoms with Crippen molar-refractivity contribution in [1.29, 1.82) is 5.26 Å². The van der Waals surface area contributed by atoms with Crippen LogP contribution in [0.15, 0.2) is 47.1 Å². The molecule has 2 N–H and O–H groups in total. The van der Waals surface area contributed by atoms with Gasteiger partial charge in [0.05, 0.1) is 12.7 Å². The molecule has 1 aliphatic heterocycles. The minimum Gasteiger partial charge on any atom is -0.481 e.